The molecule has 1 heterocycles. The minimum absolute atomic E-state index is 0.0964. The van der Waals surface area contributed by atoms with Crippen molar-refractivity contribution in [2.45, 2.75) is 44.2 Å². The number of esters is 1. The van der Waals surface area contributed by atoms with Crippen LogP contribution in [0.15, 0.2) is 0 Å². The summed E-state index contributed by atoms with van der Waals surface area (Å²) in [7, 11) is 5.90. The first-order valence-electron chi connectivity index (χ1n) is 8.23. The quantitative estimate of drug-likeness (QED) is 0.739. The summed E-state index contributed by atoms with van der Waals surface area (Å²) < 4.78 is 5.04. The number of carbonyl (C=O) groups excluding carboxylic acids is 1. The Bertz CT molecular complexity index is 363. The molecule has 122 valence electrons. The van der Waals surface area contributed by atoms with E-state index in [2.05, 4.69) is 36.1 Å². The van der Waals surface area contributed by atoms with Gasteiger partial charge in [0, 0.05) is 19.1 Å². The average molecular weight is 297 g/mol. The van der Waals surface area contributed by atoms with Gasteiger partial charge in [0.2, 0.25) is 0 Å². The molecule has 0 bridgehead atoms. The van der Waals surface area contributed by atoms with Crippen molar-refractivity contribution in [2.75, 3.05) is 47.4 Å². The fourth-order valence-corrected chi connectivity index (χ4v) is 4.08. The largest absolute Gasteiger partial charge is 0.468 e. The lowest BCUT2D eigenvalue weighted by molar-refractivity contribution is -0.148. The number of likely N-dealkylation sites (N-methyl/N-ethyl adjacent to an activating group) is 1. The second-order valence-electron chi connectivity index (χ2n) is 6.86. The molecule has 2 aliphatic rings. The summed E-state index contributed by atoms with van der Waals surface area (Å²) in [6.45, 7) is 6.41. The van der Waals surface area contributed by atoms with Gasteiger partial charge in [-0.1, -0.05) is 6.92 Å². The molecule has 3 unspecified atom stereocenters. The van der Waals surface area contributed by atoms with Gasteiger partial charge in [0.15, 0.2) is 0 Å². The van der Waals surface area contributed by atoms with Crippen LogP contribution in [0.5, 0.6) is 0 Å². The molecular weight excluding hydrogens is 266 g/mol. The van der Waals surface area contributed by atoms with E-state index in [1.54, 1.807) is 0 Å². The minimum Gasteiger partial charge on any atom is -0.468 e. The third-order valence-electron chi connectivity index (χ3n) is 5.24. The lowest BCUT2D eigenvalue weighted by Gasteiger charge is -2.30. The van der Waals surface area contributed by atoms with Crippen LogP contribution in [0.2, 0.25) is 0 Å². The predicted octanol–water partition coefficient (Wildman–Crippen LogP) is 0.944. The minimum atomic E-state index is -0.463. The molecule has 2 fully saturated rings. The van der Waals surface area contributed by atoms with E-state index in [1.165, 1.54) is 26.6 Å². The Morgan fingerprint density at radius 1 is 1.48 bits per heavy atom. The van der Waals surface area contributed by atoms with E-state index >= 15 is 0 Å². The van der Waals surface area contributed by atoms with Gasteiger partial charge in [-0.15, -0.1) is 0 Å². The number of methoxy groups -OCH3 is 1. The maximum Gasteiger partial charge on any atom is 0.326 e. The smallest absolute Gasteiger partial charge is 0.326 e. The first-order valence-corrected chi connectivity index (χ1v) is 8.23. The summed E-state index contributed by atoms with van der Waals surface area (Å²) in [5, 5.41) is 3.38. The molecule has 1 saturated carbocycles. The Labute approximate surface area is 129 Å². The number of ether oxygens (including phenoxy) is 1. The van der Waals surface area contributed by atoms with E-state index in [0.717, 1.165) is 38.3 Å². The van der Waals surface area contributed by atoms with E-state index in [0.29, 0.717) is 6.04 Å². The molecule has 1 saturated heterocycles. The lowest BCUT2D eigenvalue weighted by Crippen LogP contribution is -2.52. The second kappa shape index (κ2) is 7.07. The van der Waals surface area contributed by atoms with Gasteiger partial charge in [-0.05, 0) is 58.8 Å². The second-order valence-corrected chi connectivity index (χ2v) is 6.86. The van der Waals surface area contributed by atoms with Crippen molar-refractivity contribution >= 4 is 5.97 Å². The Kier molecular flexibility index (Phi) is 5.63. The van der Waals surface area contributed by atoms with Crippen molar-refractivity contribution < 1.29 is 9.53 Å². The molecule has 3 atom stereocenters. The molecular formula is C16H31N3O2. The highest BCUT2D eigenvalue weighted by Gasteiger charge is 2.46. The van der Waals surface area contributed by atoms with Gasteiger partial charge >= 0.3 is 5.97 Å². The van der Waals surface area contributed by atoms with Crippen molar-refractivity contribution in [3.63, 3.8) is 0 Å². The summed E-state index contributed by atoms with van der Waals surface area (Å²) in [5.74, 6) is 0.674. The van der Waals surface area contributed by atoms with E-state index in [4.69, 9.17) is 4.74 Å². The highest BCUT2D eigenvalue weighted by atomic mass is 16.5. The Hall–Kier alpha value is -0.650. The fourth-order valence-electron chi connectivity index (χ4n) is 4.08. The van der Waals surface area contributed by atoms with E-state index < -0.39 is 5.54 Å². The van der Waals surface area contributed by atoms with Crippen LogP contribution in [-0.2, 0) is 9.53 Å². The van der Waals surface area contributed by atoms with Gasteiger partial charge in [0.1, 0.15) is 5.54 Å². The molecule has 0 aromatic rings. The highest BCUT2D eigenvalue weighted by molar-refractivity contribution is 5.81. The van der Waals surface area contributed by atoms with Crippen molar-refractivity contribution in [1.29, 1.82) is 0 Å². The molecule has 5 nitrogen and oxygen atoms in total. The molecule has 1 N–H and O–H groups in total. The number of rotatable bonds is 6. The number of nitrogens with zero attached hydrogens (tertiary/aromatic N) is 2. The predicted molar refractivity (Wildman–Crippen MR) is 84.3 cm³/mol. The maximum atomic E-state index is 12.2. The van der Waals surface area contributed by atoms with Crippen LogP contribution in [-0.4, -0.2) is 74.7 Å². The molecule has 5 heteroatoms. The topological polar surface area (TPSA) is 44.8 Å². The average Bonchev–Trinajstić information content (AvgIpc) is 3.06. The zero-order valence-corrected chi connectivity index (χ0v) is 14.0. The zero-order valence-electron chi connectivity index (χ0n) is 14.0. The number of nitrogens with one attached hydrogen (secondary N) is 1. The molecule has 0 aromatic heterocycles. The molecule has 1 aliphatic heterocycles. The van der Waals surface area contributed by atoms with E-state index in [9.17, 15) is 4.79 Å². The molecule has 0 amide bonds. The summed E-state index contributed by atoms with van der Waals surface area (Å²) in [4.78, 5) is 17.0. The van der Waals surface area contributed by atoms with Crippen LogP contribution in [0.4, 0.5) is 0 Å². The summed E-state index contributed by atoms with van der Waals surface area (Å²) >= 11 is 0. The van der Waals surface area contributed by atoms with Gasteiger partial charge in [-0.3, -0.25) is 4.79 Å². The third-order valence-corrected chi connectivity index (χ3v) is 5.24. The summed E-state index contributed by atoms with van der Waals surface area (Å²) in [5.41, 5.74) is -0.463. The summed E-state index contributed by atoms with van der Waals surface area (Å²) in [6.07, 6.45) is 4.11. The van der Waals surface area contributed by atoms with Crippen molar-refractivity contribution in [3.8, 4) is 0 Å². The molecule has 0 aromatic carbocycles. The monoisotopic (exact) mass is 297 g/mol. The third kappa shape index (κ3) is 3.76. The Balaban J connectivity index is 1.91. The van der Waals surface area contributed by atoms with Gasteiger partial charge in [0.05, 0.1) is 7.11 Å². The van der Waals surface area contributed by atoms with Crippen molar-refractivity contribution in [2.24, 2.45) is 5.92 Å². The van der Waals surface area contributed by atoms with Crippen LogP contribution in [0.25, 0.3) is 0 Å². The summed E-state index contributed by atoms with van der Waals surface area (Å²) in [6, 6.07) is 0.481. The standard InChI is InChI=1S/C16H31N3O2/c1-5-17-16(15(20)21-4)8-6-14(10-16)19(3)12-13-7-9-18(2)11-13/h13-14,17H,5-12H2,1-4H3. The molecule has 1 aliphatic carbocycles. The molecule has 2 rings (SSSR count). The number of hydrogen-bond donors (Lipinski definition) is 1. The highest BCUT2D eigenvalue weighted by Crippen LogP contribution is 2.34. The first-order chi connectivity index (χ1) is 10.0. The Morgan fingerprint density at radius 3 is 2.81 bits per heavy atom. The molecule has 0 spiro atoms. The van der Waals surface area contributed by atoms with E-state index in [1.807, 2.05) is 0 Å². The van der Waals surface area contributed by atoms with Gasteiger partial charge < -0.3 is 19.9 Å². The molecule has 21 heavy (non-hydrogen) atoms. The van der Waals surface area contributed by atoms with Crippen LogP contribution >= 0.6 is 0 Å². The van der Waals surface area contributed by atoms with Crippen LogP contribution in [0.3, 0.4) is 0 Å². The Morgan fingerprint density at radius 2 is 2.24 bits per heavy atom. The van der Waals surface area contributed by atoms with E-state index in [-0.39, 0.29) is 5.97 Å². The van der Waals surface area contributed by atoms with Crippen LogP contribution in [0, 0.1) is 5.92 Å². The van der Waals surface area contributed by atoms with Gasteiger partial charge in [0.25, 0.3) is 0 Å². The number of likely N-dealkylation sites (tertiary alicyclic amines) is 1. The normalized spacial score (nSPS) is 33.8. The number of hydrogen-bond acceptors (Lipinski definition) is 5. The fraction of sp³-hybridized carbons (Fsp3) is 0.938. The lowest BCUT2D eigenvalue weighted by atomic mass is 9.97. The van der Waals surface area contributed by atoms with Crippen LogP contribution in [0.1, 0.15) is 32.6 Å². The van der Waals surface area contributed by atoms with Crippen molar-refractivity contribution in [1.82, 2.24) is 15.1 Å². The maximum absolute atomic E-state index is 12.2. The SMILES string of the molecule is CCNC1(C(=O)OC)CCC(N(C)CC2CCN(C)C2)C1. The first kappa shape index (κ1) is 16.7. The van der Waals surface area contributed by atoms with Gasteiger partial charge in [-0.25, -0.2) is 0 Å². The molecule has 0 radical (unpaired) electrons. The number of carbonyl (C=O) groups is 1. The van der Waals surface area contributed by atoms with Crippen LogP contribution < -0.4 is 5.32 Å². The van der Waals surface area contributed by atoms with Gasteiger partial charge in [-0.2, -0.15) is 0 Å². The zero-order chi connectivity index (χ0) is 15.5. The van der Waals surface area contributed by atoms with Crippen molar-refractivity contribution in [3.05, 3.63) is 0 Å².